The molecule has 0 bridgehead atoms. The first kappa shape index (κ1) is 21.6. The summed E-state index contributed by atoms with van der Waals surface area (Å²) in [4.78, 5) is 13.8. The molecule has 0 radical (unpaired) electrons. The molecule has 0 aliphatic heterocycles. The van der Waals surface area contributed by atoms with Gasteiger partial charge in [0.1, 0.15) is 39.7 Å². The zero-order valence-electron chi connectivity index (χ0n) is 19.0. The third-order valence-corrected chi connectivity index (χ3v) is 6.87. The molecule has 0 aliphatic rings. The number of furan rings is 1. The molecular formula is C25H19F2N5O2S. The second-order valence-electron chi connectivity index (χ2n) is 8.40. The zero-order valence-corrected chi connectivity index (χ0v) is 19.9. The number of hydrogen-bond donors (Lipinski definition) is 0. The number of rotatable bonds is 5. The van der Waals surface area contributed by atoms with Crippen molar-refractivity contribution in [2.75, 3.05) is 0 Å². The maximum absolute atomic E-state index is 13.2. The largest absolute Gasteiger partial charge is 0.485 e. The second kappa shape index (κ2) is 8.09. The number of aromatic nitrogens is 5. The average molecular weight is 492 g/mol. The highest BCUT2D eigenvalue weighted by atomic mass is 32.1. The normalized spacial score (nSPS) is 11.9. The summed E-state index contributed by atoms with van der Waals surface area (Å²) in [5, 5.41) is 5.26. The van der Waals surface area contributed by atoms with Crippen LogP contribution in [0, 0.1) is 20.8 Å². The lowest BCUT2D eigenvalue weighted by molar-refractivity contribution is 0.146. The molecule has 35 heavy (non-hydrogen) atoms. The van der Waals surface area contributed by atoms with Crippen LogP contribution in [0.5, 0.6) is 5.75 Å². The molecule has 10 heteroatoms. The Morgan fingerprint density at radius 2 is 1.91 bits per heavy atom. The predicted molar refractivity (Wildman–Crippen MR) is 129 cm³/mol. The first-order chi connectivity index (χ1) is 16.9. The highest BCUT2D eigenvalue weighted by Gasteiger charge is 2.20. The number of thiophene rings is 1. The van der Waals surface area contributed by atoms with E-state index in [9.17, 15) is 8.78 Å². The van der Waals surface area contributed by atoms with Gasteiger partial charge in [-0.05, 0) is 61.7 Å². The monoisotopic (exact) mass is 491 g/mol. The zero-order chi connectivity index (χ0) is 24.3. The molecule has 0 fully saturated rings. The molecular weight excluding hydrogens is 472 g/mol. The van der Waals surface area contributed by atoms with Crippen molar-refractivity contribution in [2.24, 2.45) is 0 Å². The van der Waals surface area contributed by atoms with E-state index in [0.717, 1.165) is 27.0 Å². The first-order valence-electron chi connectivity index (χ1n) is 10.9. The van der Waals surface area contributed by atoms with Gasteiger partial charge in [0.05, 0.1) is 5.52 Å². The fourth-order valence-electron chi connectivity index (χ4n) is 4.04. The Labute approximate surface area is 202 Å². The third kappa shape index (κ3) is 3.70. The van der Waals surface area contributed by atoms with Crippen LogP contribution in [0.25, 0.3) is 37.7 Å². The van der Waals surface area contributed by atoms with E-state index >= 15 is 0 Å². The summed E-state index contributed by atoms with van der Waals surface area (Å²) < 4.78 is 40.7. The van der Waals surface area contributed by atoms with Crippen LogP contribution in [0.1, 0.15) is 34.6 Å². The highest BCUT2D eigenvalue weighted by Crippen LogP contribution is 2.37. The van der Waals surface area contributed by atoms with Crippen LogP contribution in [0.3, 0.4) is 0 Å². The Hall–Kier alpha value is -3.92. The van der Waals surface area contributed by atoms with Crippen LogP contribution in [-0.4, -0.2) is 24.6 Å². The number of aryl methyl sites for hydroxylation is 3. The van der Waals surface area contributed by atoms with E-state index in [1.54, 1.807) is 23.8 Å². The standard InChI is InChI=1S/C25H19F2N5O2S/c1-12-4-5-13(2)18(8-12)33-10-15-6-7-17(34-15)23-30-24-21-20(28-11-32(24)31-23)19-14(3)9-16(22(26)27)29-25(19)35-21/h4-9,11,22H,10H2,1-3H3. The third-order valence-electron chi connectivity index (χ3n) is 5.80. The van der Waals surface area contributed by atoms with Crippen LogP contribution >= 0.6 is 11.3 Å². The molecule has 6 aromatic rings. The number of ether oxygens (including phenoxy) is 1. The predicted octanol–water partition coefficient (Wildman–Crippen LogP) is 6.59. The van der Waals surface area contributed by atoms with Gasteiger partial charge in [0.25, 0.3) is 6.43 Å². The van der Waals surface area contributed by atoms with Gasteiger partial charge in [0.15, 0.2) is 11.4 Å². The molecule has 0 saturated carbocycles. The number of hydrogen-bond acceptors (Lipinski definition) is 7. The fraction of sp³-hybridized carbons (Fsp3) is 0.200. The lowest BCUT2D eigenvalue weighted by Gasteiger charge is -2.08. The van der Waals surface area contributed by atoms with Crippen LogP contribution in [0.15, 0.2) is 47.1 Å². The van der Waals surface area contributed by atoms with Crippen molar-refractivity contribution in [2.45, 2.75) is 33.8 Å². The minimum atomic E-state index is -2.64. The quantitative estimate of drug-likeness (QED) is 0.271. The van der Waals surface area contributed by atoms with Crippen LogP contribution in [-0.2, 0) is 6.61 Å². The number of pyridine rings is 1. The SMILES string of the molecule is Cc1ccc(C)c(OCc2ccc(-c3nc4c5sc6nc(C(F)F)cc(C)c6c5ncn4n3)o2)c1. The molecule has 0 unspecified atom stereocenters. The van der Waals surface area contributed by atoms with Gasteiger partial charge >= 0.3 is 0 Å². The maximum Gasteiger partial charge on any atom is 0.280 e. The Bertz CT molecular complexity index is 1740. The molecule has 0 amide bonds. The molecule has 7 nitrogen and oxygen atoms in total. The Morgan fingerprint density at radius 1 is 1.06 bits per heavy atom. The molecule has 0 aliphatic carbocycles. The van der Waals surface area contributed by atoms with E-state index in [2.05, 4.69) is 20.1 Å². The summed E-state index contributed by atoms with van der Waals surface area (Å²) in [7, 11) is 0. The van der Waals surface area contributed by atoms with E-state index in [0.29, 0.717) is 38.9 Å². The summed E-state index contributed by atoms with van der Waals surface area (Å²) >= 11 is 1.28. The van der Waals surface area contributed by atoms with Gasteiger partial charge < -0.3 is 9.15 Å². The Balaban J connectivity index is 1.35. The summed E-state index contributed by atoms with van der Waals surface area (Å²) in [6.45, 7) is 6.08. The average Bonchev–Trinajstić information content (AvgIpc) is 3.55. The van der Waals surface area contributed by atoms with Crippen molar-refractivity contribution in [1.29, 1.82) is 0 Å². The van der Waals surface area contributed by atoms with Gasteiger partial charge in [0, 0.05) is 5.39 Å². The molecule has 0 atom stereocenters. The number of benzene rings is 1. The van der Waals surface area contributed by atoms with Gasteiger partial charge in [-0.1, -0.05) is 12.1 Å². The van der Waals surface area contributed by atoms with Crippen molar-refractivity contribution < 1.29 is 17.9 Å². The van der Waals surface area contributed by atoms with Gasteiger partial charge in [-0.15, -0.1) is 16.4 Å². The molecule has 0 spiro atoms. The Morgan fingerprint density at radius 3 is 2.74 bits per heavy atom. The van der Waals surface area contributed by atoms with Crippen molar-refractivity contribution in [1.82, 2.24) is 24.6 Å². The summed E-state index contributed by atoms with van der Waals surface area (Å²) in [5.74, 6) is 2.35. The number of fused-ring (bicyclic) bond motifs is 5. The lowest BCUT2D eigenvalue weighted by Crippen LogP contribution is -1.96. The topological polar surface area (TPSA) is 78.3 Å². The van der Waals surface area contributed by atoms with Gasteiger partial charge in [-0.3, -0.25) is 0 Å². The van der Waals surface area contributed by atoms with E-state index in [4.69, 9.17) is 9.15 Å². The van der Waals surface area contributed by atoms with Crippen molar-refractivity contribution in [3.63, 3.8) is 0 Å². The van der Waals surface area contributed by atoms with Crippen molar-refractivity contribution in [3.8, 4) is 17.3 Å². The molecule has 5 heterocycles. The van der Waals surface area contributed by atoms with Crippen LogP contribution < -0.4 is 4.74 Å². The van der Waals surface area contributed by atoms with Crippen molar-refractivity contribution >= 4 is 37.4 Å². The van der Waals surface area contributed by atoms with Gasteiger partial charge in [-0.25, -0.2) is 28.2 Å². The molecule has 0 N–H and O–H groups in total. The molecule has 6 rings (SSSR count). The first-order valence-corrected chi connectivity index (χ1v) is 11.7. The summed E-state index contributed by atoms with van der Waals surface area (Å²) in [6.07, 6.45) is -1.07. The highest BCUT2D eigenvalue weighted by molar-refractivity contribution is 7.26. The minimum absolute atomic E-state index is 0.245. The van der Waals surface area contributed by atoms with Gasteiger partial charge in [-0.2, -0.15) is 0 Å². The number of nitrogens with zero attached hydrogens (tertiary/aromatic N) is 5. The summed E-state index contributed by atoms with van der Waals surface area (Å²) in [6, 6.07) is 11.1. The van der Waals surface area contributed by atoms with E-state index in [1.165, 1.54) is 17.4 Å². The molecule has 0 saturated heterocycles. The van der Waals surface area contributed by atoms with Gasteiger partial charge in [0.2, 0.25) is 5.82 Å². The Kier molecular flexibility index (Phi) is 4.99. The van der Waals surface area contributed by atoms with Crippen LogP contribution in [0.2, 0.25) is 0 Å². The smallest absolute Gasteiger partial charge is 0.280 e. The minimum Gasteiger partial charge on any atom is -0.485 e. The van der Waals surface area contributed by atoms with E-state index in [1.807, 2.05) is 38.1 Å². The fourth-order valence-corrected chi connectivity index (χ4v) is 5.22. The van der Waals surface area contributed by atoms with E-state index < -0.39 is 6.43 Å². The van der Waals surface area contributed by atoms with Crippen molar-refractivity contribution in [3.05, 3.63) is 70.9 Å². The second-order valence-corrected chi connectivity index (χ2v) is 9.40. The molecule has 176 valence electrons. The number of halogens is 2. The summed E-state index contributed by atoms with van der Waals surface area (Å²) in [5.41, 5.74) is 3.87. The molecule has 5 aromatic heterocycles. The maximum atomic E-state index is 13.2. The number of alkyl halides is 2. The van der Waals surface area contributed by atoms with Crippen LogP contribution in [0.4, 0.5) is 8.78 Å². The van der Waals surface area contributed by atoms with E-state index in [-0.39, 0.29) is 12.3 Å². The molecule has 1 aromatic carbocycles. The lowest BCUT2D eigenvalue weighted by atomic mass is 10.1.